The SMILES string of the molecule is C[C@H]1CN(C(=O)[C@H](c2cccc(OC(F)(F)F)c2)C2(O)CCCCC2)CCN1. The molecule has 28 heavy (non-hydrogen) atoms. The van der Waals surface area contributed by atoms with Gasteiger partial charge in [-0.3, -0.25) is 4.79 Å². The first kappa shape index (κ1) is 20.9. The predicted octanol–water partition coefficient (Wildman–Crippen LogP) is 3.18. The molecule has 1 aliphatic carbocycles. The van der Waals surface area contributed by atoms with Crippen LogP contribution in [-0.4, -0.2) is 53.6 Å². The second-order valence-electron chi connectivity index (χ2n) is 7.86. The maximum Gasteiger partial charge on any atom is 0.573 e. The lowest BCUT2D eigenvalue weighted by atomic mass is 9.72. The van der Waals surface area contributed by atoms with Gasteiger partial charge in [-0.2, -0.15) is 0 Å². The molecule has 0 bridgehead atoms. The minimum Gasteiger partial charge on any atom is -0.406 e. The third-order valence-corrected chi connectivity index (χ3v) is 5.61. The normalized spacial score (nSPS) is 23.9. The van der Waals surface area contributed by atoms with Gasteiger partial charge in [0.1, 0.15) is 5.75 Å². The van der Waals surface area contributed by atoms with Crippen LogP contribution in [0.5, 0.6) is 5.75 Å². The standard InChI is InChI=1S/C20H27F3N2O3/c1-14-13-25(11-10-24-14)18(26)17(19(27)8-3-2-4-9-19)15-6-5-7-16(12-15)28-20(21,22)23/h5-7,12,14,17,24,27H,2-4,8-11,13H2,1H3/t14-,17-/m0/s1. The van der Waals surface area contributed by atoms with E-state index < -0.39 is 17.9 Å². The predicted molar refractivity (Wildman–Crippen MR) is 97.9 cm³/mol. The van der Waals surface area contributed by atoms with Gasteiger partial charge < -0.3 is 20.1 Å². The van der Waals surface area contributed by atoms with E-state index in [1.807, 2.05) is 6.92 Å². The van der Waals surface area contributed by atoms with Crippen LogP contribution >= 0.6 is 0 Å². The number of nitrogens with one attached hydrogen (secondary N) is 1. The molecule has 1 heterocycles. The van der Waals surface area contributed by atoms with Crippen molar-refractivity contribution in [2.24, 2.45) is 0 Å². The van der Waals surface area contributed by atoms with Gasteiger partial charge in [-0.1, -0.05) is 31.4 Å². The van der Waals surface area contributed by atoms with E-state index in [-0.39, 0.29) is 17.7 Å². The number of carbonyl (C=O) groups is 1. The number of alkyl halides is 3. The molecule has 1 aliphatic heterocycles. The molecule has 2 fully saturated rings. The molecule has 0 aromatic heterocycles. The average Bonchev–Trinajstić information content (AvgIpc) is 2.61. The van der Waals surface area contributed by atoms with Crippen LogP contribution in [0.3, 0.4) is 0 Å². The number of hydrogen-bond donors (Lipinski definition) is 2. The quantitative estimate of drug-likeness (QED) is 0.815. The number of ether oxygens (including phenoxy) is 1. The molecule has 2 atom stereocenters. The third-order valence-electron chi connectivity index (χ3n) is 5.61. The molecule has 1 aromatic rings. The van der Waals surface area contributed by atoms with Crippen LogP contribution in [0.15, 0.2) is 24.3 Å². The number of benzene rings is 1. The lowest BCUT2D eigenvalue weighted by molar-refractivity contribution is -0.274. The van der Waals surface area contributed by atoms with Crippen molar-refractivity contribution in [1.82, 2.24) is 10.2 Å². The maximum atomic E-state index is 13.4. The highest BCUT2D eigenvalue weighted by Gasteiger charge is 2.45. The van der Waals surface area contributed by atoms with Crippen molar-refractivity contribution in [3.05, 3.63) is 29.8 Å². The number of piperazine rings is 1. The average molecular weight is 400 g/mol. The number of aliphatic hydroxyl groups is 1. The number of rotatable bonds is 4. The van der Waals surface area contributed by atoms with E-state index in [1.54, 1.807) is 11.0 Å². The Hall–Kier alpha value is -1.80. The molecule has 0 spiro atoms. The molecule has 5 nitrogen and oxygen atoms in total. The minimum absolute atomic E-state index is 0.124. The number of amides is 1. The summed E-state index contributed by atoms with van der Waals surface area (Å²) in [6, 6.07) is 5.59. The highest BCUT2D eigenvalue weighted by atomic mass is 19.4. The van der Waals surface area contributed by atoms with Crippen molar-refractivity contribution in [1.29, 1.82) is 0 Å². The molecular weight excluding hydrogens is 373 g/mol. The molecular formula is C20H27F3N2O3. The summed E-state index contributed by atoms with van der Waals surface area (Å²) in [6.07, 6.45) is -1.35. The van der Waals surface area contributed by atoms with Crippen LogP contribution in [0.4, 0.5) is 13.2 Å². The monoisotopic (exact) mass is 400 g/mol. The van der Waals surface area contributed by atoms with E-state index in [9.17, 15) is 23.1 Å². The van der Waals surface area contributed by atoms with Crippen LogP contribution in [0.25, 0.3) is 0 Å². The molecule has 8 heteroatoms. The molecule has 0 radical (unpaired) electrons. The summed E-state index contributed by atoms with van der Waals surface area (Å²) in [7, 11) is 0. The van der Waals surface area contributed by atoms with Gasteiger partial charge in [0.15, 0.2) is 0 Å². The molecule has 1 saturated carbocycles. The van der Waals surface area contributed by atoms with Crippen molar-refractivity contribution < 1.29 is 27.8 Å². The lowest BCUT2D eigenvalue weighted by Crippen LogP contribution is -2.55. The first-order valence-corrected chi connectivity index (χ1v) is 9.78. The second kappa shape index (κ2) is 8.29. The number of halogens is 3. The van der Waals surface area contributed by atoms with E-state index in [0.717, 1.165) is 19.3 Å². The Kier molecular flexibility index (Phi) is 6.19. The number of hydrogen-bond acceptors (Lipinski definition) is 4. The zero-order chi connectivity index (χ0) is 20.4. The zero-order valence-electron chi connectivity index (χ0n) is 16.0. The highest BCUT2D eigenvalue weighted by Crippen LogP contribution is 2.42. The summed E-state index contributed by atoms with van der Waals surface area (Å²) in [4.78, 5) is 15.1. The second-order valence-corrected chi connectivity index (χ2v) is 7.86. The Balaban J connectivity index is 1.94. The summed E-state index contributed by atoms with van der Waals surface area (Å²) in [6.45, 7) is 3.63. The molecule has 2 aliphatic rings. The topological polar surface area (TPSA) is 61.8 Å². The fourth-order valence-corrected chi connectivity index (χ4v) is 4.34. The van der Waals surface area contributed by atoms with Crippen LogP contribution in [-0.2, 0) is 4.79 Å². The summed E-state index contributed by atoms with van der Waals surface area (Å²) in [5.74, 6) is -1.52. The summed E-state index contributed by atoms with van der Waals surface area (Å²) < 4.78 is 42.0. The Labute approximate surface area is 162 Å². The Morgan fingerprint density at radius 2 is 2.04 bits per heavy atom. The van der Waals surface area contributed by atoms with Crippen LogP contribution in [0, 0.1) is 0 Å². The van der Waals surface area contributed by atoms with Crippen LogP contribution < -0.4 is 10.1 Å². The summed E-state index contributed by atoms with van der Waals surface area (Å²) >= 11 is 0. The Bertz CT molecular complexity index is 690. The third kappa shape index (κ3) is 4.97. The van der Waals surface area contributed by atoms with E-state index in [1.165, 1.54) is 18.2 Å². The summed E-state index contributed by atoms with van der Waals surface area (Å²) in [5, 5.41) is 14.6. The maximum absolute atomic E-state index is 13.4. The Morgan fingerprint density at radius 3 is 2.68 bits per heavy atom. The largest absolute Gasteiger partial charge is 0.573 e. The van der Waals surface area contributed by atoms with Crippen LogP contribution in [0.1, 0.15) is 50.5 Å². The van der Waals surface area contributed by atoms with Gasteiger partial charge in [-0.25, -0.2) is 0 Å². The first-order chi connectivity index (χ1) is 13.2. The number of carbonyl (C=O) groups excluding carboxylic acids is 1. The minimum atomic E-state index is -4.81. The van der Waals surface area contributed by atoms with Crippen molar-refractivity contribution >= 4 is 5.91 Å². The molecule has 0 unspecified atom stereocenters. The van der Waals surface area contributed by atoms with Gasteiger partial charge in [-0.05, 0) is 37.5 Å². The van der Waals surface area contributed by atoms with E-state index in [0.29, 0.717) is 38.0 Å². The highest BCUT2D eigenvalue weighted by molar-refractivity contribution is 5.85. The molecule has 156 valence electrons. The van der Waals surface area contributed by atoms with Gasteiger partial charge in [0.05, 0.1) is 11.5 Å². The van der Waals surface area contributed by atoms with Crippen molar-refractivity contribution in [2.45, 2.75) is 63.0 Å². The summed E-state index contributed by atoms with van der Waals surface area (Å²) in [5.41, 5.74) is -0.900. The fourth-order valence-electron chi connectivity index (χ4n) is 4.34. The van der Waals surface area contributed by atoms with Gasteiger partial charge in [0.25, 0.3) is 0 Å². The van der Waals surface area contributed by atoms with Crippen molar-refractivity contribution in [3.63, 3.8) is 0 Å². The van der Waals surface area contributed by atoms with Gasteiger partial charge in [-0.15, -0.1) is 13.2 Å². The van der Waals surface area contributed by atoms with Gasteiger partial charge >= 0.3 is 6.36 Å². The zero-order valence-corrected chi connectivity index (χ0v) is 16.0. The molecule has 1 amide bonds. The molecule has 1 saturated heterocycles. The van der Waals surface area contributed by atoms with E-state index in [2.05, 4.69) is 10.1 Å². The molecule has 1 aromatic carbocycles. The van der Waals surface area contributed by atoms with Gasteiger partial charge in [0, 0.05) is 25.7 Å². The van der Waals surface area contributed by atoms with Crippen molar-refractivity contribution in [3.8, 4) is 5.75 Å². The Morgan fingerprint density at radius 1 is 1.32 bits per heavy atom. The molecule has 3 rings (SSSR count). The lowest BCUT2D eigenvalue weighted by Gasteiger charge is -2.42. The van der Waals surface area contributed by atoms with Crippen LogP contribution in [0.2, 0.25) is 0 Å². The first-order valence-electron chi connectivity index (χ1n) is 9.78. The van der Waals surface area contributed by atoms with E-state index in [4.69, 9.17) is 0 Å². The molecule has 2 N–H and O–H groups in total. The number of nitrogens with zero attached hydrogens (tertiary/aromatic N) is 1. The smallest absolute Gasteiger partial charge is 0.406 e. The van der Waals surface area contributed by atoms with Crippen molar-refractivity contribution in [2.75, 3.05) is 19.6 Å². The van der Waals surface area contributed by atoms with E-state index >= 15 is 0 Å². The fraction of sp³-hybridized carbons (Fsp3) is 0.650. The van der Waals surface area contributed by atoms with Gasteiger partial charge in [0.2, 0.25) is 5.91 Å².